The third kappa shape index (κ3) is 5.20. The van der Waals surface area contributed by atoms with E-state index in [1.807, 2.05) is 0 Å². The minimum absolute atomic E-state index is 0.201. The lowest BCUT2D eigenvalue weighted by molar-refractivity contribution is -0.145. The number of carbonyl (C=O) groups excluding carboxylic acids is 1. The van der Waals surface area contributed by atoms with Crippen LogP contribution in [-0.4, -0.2) is 30.3 Å². The highest BCUT2D eigenvalue weighted by atomic mass is 19.1. The molecule has 0 aliphatic rings. The van der Waals surface area contributed by atoms with Crippen LogP contribution in [0.4, 0.5) is 4.39 Å². The molecule has 0 aromatic heterocycles. The molecule has 0 spiro atoms. The van der Waals surface area contributed by atoms with Crippen molar-refractivity contribution in [1.29, 1.82) is 0 Å². The van der Waals surface area contributed by atoms with Gasteiger partial charge in [-0.25, -0.2) is 14.0 Å². The average molecular weight is 268 g/mol. The fourth-order valence-electron chi connectivity index (χ4n) is 1.28. The molecule has 0 atom stereocenters. The van der Waals surface area contributed by atoms with Crippen molar-refractivity contribution in [3.8, 4) is 5.75 Å². The Morgan fingerprint density at radius 3 is 2.79 bits per heavy atom. The number of halogens is 1. The van der Waals surface area contributed by atoms with E-state index in [-0.39, 0.29) is 24.5 Å². The number of hydrogen-bond donors (Lipinski definition) is 1. The zero-order valence-electron chi connectivity index (χ0n) is 10.3. The molecule has 0 heterocycles. The van der Waals surface area contributed by atoms with Crippen LogP contribution in [0, 0.1) is 5.82 Å². The minimum Gasteiger partial charge on any atom is -0.481 e. The van der Waals surface area contributed by atoms with Gasteiger partial charge in [-0.2, -0.15) is 0 Å². The van der Waals surface area contributed by atoms with Gasteiger partial charge in [0.2, 0.25) is 0 Å². The summed E-state index contributed by atoms with van der Waals surface area (Å²) in [4.78, 5) is 21.6. The Morgan fingerprint density at radius 1 is 1.42 bits per heavy atom. The van der Waals surface area contributed by atoms with E-state index >= 15 is 0 Å². The number of carboxylic acid groups (broad SMARTS) is 1. The van der Waals surface area contributed by atoms with Crippen LogP contribution in [-0.2, 0) is 14.3 Å². The minimum atomic E-state index is -1.17. The first-order valence-electron chi connectivity index (χ1n) is 5.52. The topological polar surface area (TPSA) is 72.8 Å². The molecular formula is C13H13FO5. The molecule has 0 radical (unpaired) electrons. The number of esters is 1. The predicted octanol–water partition coefficient (Wildman–Crippen LogP) is 1.87. The highest BCUT2D eigenvalue weighted by Crippen LogP contribution is 2.21. The van der Waals surface area contributed by atoms with Crippen LogP contribution in [0.2, 0.25) is 0 Å². The largest absolute Gasteiger partial charge is 0.481 e. The Balaban J connectivity index is 2.81. The Morgan fingerprint density at radius 2 is 2.16 bits per heavy atom. The zero-order chi connectivity index (χ0) is 14.3. The van der Waals surface area contributed by atoms with E-state index in [4.69, 9.17) is 9.84 Å². The lowest BCUT2D eigenvalue weighted by Crippen LogP contribution is -2.15. The third-order valence-electron chi connectivity index (χ3n) is 2.03. The van der Waals surface area contributed by atoms with E-state index < -0.39 is 17.8 Å². The van der Waals surface area contributed by atoms with Crippen LogP contribution in [0.15, 0.2) is 24.3 Å². The van der Waals surface area contributed by atoms with Crippen LogP contribution >= 0.6 is 0 Å². The maximum Gasteiger partial charge on any atom is 0.344 e. The van der Waals surface area contributed by atoms with Gasteiger partial charge < -0.3 is 14.6 Å². The molecule has 19 heavy (non-hydrogen) atoms. The van der Waals surface area contributed by atoms with E-state index in [2.05, 4.69) is 4.74 Å². The molecule has 0 unspecified atom stereocenters. The van der Waals surface area contributed by atoms with Gasteiger partial charge in [-0.05, 0) is 31.2 Å². The Hall–Kier alpha value is -2.37. The van der Waals surface area contributed by atoms with Gasteiger partial charge in [-0.15, -0.1) is 0 Å². The SMILES string of the molecule is CCOC(=O)COc1ccc(F)cc1/C=C/C(=O)O. The zero-order valence-corrected chi connectivity index (χ0v) is 10.3. The molecule has 0 aliphatic heterocycles. The van der Waals surface area contributed by atoms with E-state index in [0.717, 1.165) is 18.2 Å². The number of ether oxygens (including phenoxy) is 2. The Bertz CT molecular complexity index is 496. The van der Waals surface area contributed by atoms with Crippen molar-refractivity contribution < 1.29 is 28.6 Å². The second kappa shape index (κ2) is 7.15. The van der Waals surface area contributed by atoms with Crippen LogP contribution < -0.4 is 4.74 Å². The molecule has 0 bridgehead atoms. The summed E-state index contributed by atoms with van der Waals surface area (Å²) in [5.41, 5.74) is 0.228. The first kappa shape index (κ1) is 14.7. The quantitative estimate of drug-likeness (QED) is 0.629. The van der Waals surface area contributed by atoms with E-state index in [1.54, 1.807) is 6.92 Å². The molecule has 1 aromatic carbocycles. The smallest absolute Gasteiger partial charge is 0.344 e. The molecule has 0 saturated carbocycles. The summed E-state index contributed by atoms with van der Waals surface area (Å²) in [6, 6.07) is 3.58. The van der Waals surface area contributed by atoms with Crippen molar-refractivity contribution >= 4 is 18.0 Å². The van der Waals surface area contributed by atoms with E-state index in [9.17, 15) is 14.0 Å². The van der Waals surface area contributed by atoms with Crippen molar-refractivity contribution in [2.24, 2.45) is 0 Å². The third-order valence-corrected chi connectivity index (χ3v) is 2.03. The van der Waals surface area contributed by atoms with Crippen LogP contribution in [0.3, 0.4) is 0 Å². The van der Waals surface area contributed by atoms with Crippen molar-refractivity contribution in [3.63, 3.8) is 0 Å². The van der Waals surface area contributed by atoms with Crippen molar-refractivity contribution in [2.75, 3.05) is 13.2 Å². The summed E-state index contributed by atoms with van der Waals surface area (Å²) >= 11 is 0. The number of rotatable bonds is 6. The van der Waals surface area contributed by atoms with Gasteiger partial charge in [0.15, 0.2) is 6.61 Å². The van der Waals surface area contributed by atoms with Crippen LogP contribution in [0.1, 0.15) is 12.5 Å². The number of aliphatic carboxylic acids is 1. The first-order chi connectivity index (χ1) is 9.02. The van der Waals surface area contributed by atoms with Gasteiger partial charge in [0.25, 0.3) is 0 Å². The molecule has 0 fully saturated rings. The maximum atomic E-state index is 13.1. The maximum absolute atomic E-state index is 13.1. The lowest BCUT2D eigenvalue weighted by Gasteiger charge is -2.08. The molecule has 1 N–H and O–H groups in total. The number of benzene rings is 1. The van der Waals surface area contributed by atoms with Gasteiger partial charge in [0.05, 0.1) is 6.61 Å². The predicted molar refractivity (Wildman–Crippen MR) is 65.2 cm³/mol. The van der Waals surface area contributed by atoms with Crippen molar-refractivity contribution in [3.05, 3.63) is 35.7 Å². The summed E-state index contributed by atoms with van der Waals surface area (Å²) in [7, 11) is 0. The molecule has 1 rings (SSSR count). The summed E-state index contributed by atoms with van der Waals surface area (Å²) in [5, 5.41) is 8.53. The summed E-state index contributed by atoms with van der Waals surface area (Å²) < 4.78 is 22.9. The Kier molecular flexibility index (Phi) is 5.53. The summed E-state index contributed by atoms with van der Waals surface area (Å²) in [6.45, 7) is 1.57. The summed E-state index contributed by atoms with van der Waals surface area (Å²) in [6.07, 6.45) is 2.04. The van der Waals surface area contributed by atoms with Gasteiger partial charge in [0, 0.05) is 11.6 Å². The van der Waals surface area contributed by atoms with Gasteiger partial charge in [0.1, 0.15) is 11.6 Å². The highest BCUT2D eigenvalue weighted by Gasteiger charge is 2.07. The summed E-state index contributed by atoms with van der Waals surface area (Å²) in [5.74, 6) is -2.05. The molecule has 5 nitrogen and oxygen atoms in total. The lowest BCUT2D eigenvalue weighted by atomic mass is 10.2. The average Bonchev–Trinajstić information content (AvgIpc) is 2.35. The van der Waals surface area contributed by atoms with Crippen molar-refractivity contribution in [2.45, 2.75) is 6.92 Å². The number of carbonyl (C=O) groups is 2. The first-order valence-corrected chi connectivity index (χ1v) is 5.52. The van der Waals surface area contributed by atoms with E-state index in [1.165, 1.54) is 12.1 Å². The van der Waals surface area contributed by atoms with Gasteiger partial charge in [-0.1, -0.05) is 0 Å². The second-order valence-corrected chi connectivity index (χ2v) is 3.45. The standard InChI is InChI=1S/C13H13FO5/c1-2-18-13(17)8-19-11-5-4-10(14)7-9(11)3-6-12(15)16/h3-7H,2,8H2,1H3,(H,15,16)/b6-3+. The second-order valence-electron chi connectivity index (χ2n) is 3.45. The molecular weight excluding hydrogens is 255 g/mol. The fraction of sp³-hybridized carbons (Fsp3) is 0.231. The molecule has 6 heteroatoms. The fourth-order valence-corrected chi connectivity index (χ4v) is 1.28. The molecule has 0 saturated heterocycles. The van der Waals surface area contributed by atoms with Crippen LogP contribution in [0.25, 0.3) is 6.08 Å². The molecule has 0 amide bonds. The Labute approximate surface area is 109 Å². The molecule has 102 valence electrons. The number of carboxylic acids is 1. The highest BCUT2D eigenvalue weighted by molar-refractivity contribution is 5.86. The van der Waals surface area contributed by atoms with Gasteiger partial charge in [-0.3, -0.25) is 0 Å². The van der Waals surface area contributed by atoms with Crippen molar-refractivity contribution in [1.82, 2.24) is 0 Å². The normalized spacial score (nSPS) is 10.4. The van der Waals surface area contributed by atoms with Crippen LogP contribution in [0.5, 0.6) is 5.75 Å². The van der Waals surface area contributed by atoms with Gasteiger partial charge >= 0.3 is 11.9 Å². The van der Waals surface area contributed by atoms with E-state index in [0.29, 0.717) is 0 Å². The molecule has 1 aromatic rings. The monoisotopic (exact) mass is 268 g/mol. The number of hydrogen-bond acceptors (Lipinski definition) is 4. The molecule has 0 aliphatic carbocycles.